The smallest absolute Gasteiger partial charge is 0.252 e. The van der Waals surface area contributed by atoms with Crippen molar-refractivity contribution in [2.75, 3.05) is 0 Å². The molecule has 318 valence electrons. The standard InChI is InChI=1S/C63H53BN2/c1-36-22-24-42-43-25-23-37(2)29-49(43)63(48(42)28-36)47-26-27-53-55-60(47)66-57-45(30-38(32-50(57)63)34-61(3,4)5)46-31-39(35-62(6,7)8)33-52(59(46)66)64(55)51-21-15-20-44-54(40-16-11-9-12-17-40)56(65(53)58(44)51)41-18-13-10-14-19-41/h9-33H,34-35H2,1-8H3. The lowest BCUT2D eigenvalue weighted by molar-refractivity contribution is 0.411. The lowest BCUT2D eigenvalue weighted by Gasteiger charge is -2.44. The van der Waals surface area contributed by atoms with Gasteiger partial charge in [0.15, 0.2) is 0 Å². The third-order valence-electron chi connectivity index (χ3n) is 15.5. The Morgan fingerprint density at radius 3 is 1.70 bits per heavy atom. The summed E-state index contributed by atoms with van der Waals surface area (Å²) in [5, 5.41) is 4.10. The van der Waals surface area contributed by atoms with Crippen molar-refractivity contribution < 1.29 is 0 Å². The van der Waals surface area contributed by atoms with Crippen molar-refractivity contribution in [1.29, 1.82) is 0 Å². The van der Waals surface area contributed by atoms with Crippen LogP contribution in [0.25, 0.3) is 77.6 Å². The molecule has 8 aromatic carbocycles. The molecule has 0 bridgehead atoms. The molecule has 3 aliphatic heterocycles. The fraction of sp³-hybridized carbons (Fsp3) is 0.206. The summed E-state index contributed by atoms with van der Waals surface area (Å²) in [5.74, 6) is 0. The quantitative estimate of drug-likeness (QED) is 0.156. The van der Waals surface area contributed by atoms with Crippen molar-refractivity contribution in [3.8, 4) is 44.9 Å². The Morgan fingerprint density at radius 2 is 1.06 bits per heavy atom. The number of rotatable bonds is 4. The number of benzene rings is 8. The maximum absolute atomic E-state index is 2.78. The van der Waals surface area contributed by atoms with E-state index >= 15 is 0 Å². The normalized spacial score (nSPS) is 14.6. The van der Waals surface area contributed by atoms with Gasteiger partial charge in [0.1, 0.15) is 0 Å². The van der Waals surface area contributed by atoms with E-state index < -0.39 is 5.41 Å². The molecule has 5 heterocycles. The van der Waals surface area contributed by atoms with Gasteiger partial charge in [0.25, 0.3) is 6.71 Å². The molecule has 66 heavy (non-hydrogen) atoms. The summed E-state index contributed by atoms with van der Waals surface area (Å²) in [4.78, 5) is 0. The molecule has 4 aliphatic rings. The zero-order valence-corrected chi connectivity index (χ0v) is 39.3. The molecule has 1 spiro atoms. The summed E-state index contributed by atoms with van der Waals surface area (Å²) in [6.07, 6.45) is 2.00. The van der Waals surface area contributed by atoms with Crippen LogP contribution in [0.3, 0.4) is 0 Å². The highest BCUT2D eigenvalue weighted by atomic mass is 15.1. The molecule has 0 saturated carbocycles. The van der Waals surface area contributed by atoms with Gasteiger partial charge >= 0.3 is 0 Å². The van der Waals surface area contributed by atoms with Crippen LogP contribution in [0.1, 0.15) is 86.1 Å². The molecule has 0 N–H and O–H groups in total. The van der Waals surface area contributed by atoms with E-state index in [-0.39, 0.29) is 17.5 Å². The minimum atomic E-state index is -0.527. The summed E-state index contributed by atoms with van der Waals surface area (Å²) in [5.41, 5.74) is 29.6. The monoisotopic (exact) mass is 848 g/mol. The van der Waals surface area contributed by atoms with Crippen molar-refractivity contribution in [3.63, 3.8) is 0 Å². The van der Waals surface area contributed by atoms with Crippen LogP contribution in [0, 0.1) is 24.7 Å². The van der Waals surface area contributed by atoms with Gasteiger partial charge < -0.3 is 9.13 Å². The molecule has 0 fully saturated rings. The highest BCUT2D eigenvalue weighted by Crippen LogP contribution is 2.62. The van der Waals surface area contributed by atoms with Gasteiger partial charge in [0.2, 0.25) is 0 Å². The maximum Gasteiger partial charge on any atom is 0.252 e. The molecule has 2 aromatic heterocycles. The first-order chi connectivity index (χ1) is 31.8. The Hall–Kier alpha value is -6.84. The van der Waals surface area contributed by atoms with E-state index in [0.29, 0.717) is 0 Å². The molecular weight excluding hydrogens is 796 g/mol. The number of aryl methyl sites for hydroxylation is 2. The average Bonchev–Trinajstić information content (AvgIpc) is 3.90. The second-order valence-corrected chi connectivity index (χ2v) is 22.6. The fourth-order valence-electron chi connectivity index (χ4n) is 13.6. The van der Waals surface area contributed by atoms with Gasteiger partial charge in [0.05, 0.1) is 16.6 Å². The van der Waals surface area contributed by atoms with Crippen LogP contribution in [0.4, 0.5) is 0 Å². The highest BCUT2D eigenvalue weighted by Gasteiger charge is 2.54. The van der Waals surface area contributed by atoms with Gasteiger partial charge in [-0.05, 0) is 128 Å². The molecule has 0 radical (unpaired) electrons. The van der Waals surface area contributed by atoms with Crippen molar-refractivity contribution in [2.45, 2.75) is 73.6 Å². The van der Waals surface area contributed by atoms with E-state index in [9.17, 15) is 0 Å². The Labute approximate surface area is 388 Å². The topological polar surface area (TPSA) is 9.86 Å². The largest absolute Gasteiger partial charge is 0.310 e. The van der Waals surface area contributed by atoms with Crippen molar-refractivity contribution >= 4 is 55.8 Å². The van der Waals surface area contributed by atoms with Crippen LogP contribution >= 0.6 is 0 Å². The van der Waals surface area contributed by atoms with Crippen LogP contribution in [0.2, 0.25) is 0 Å². The van der Waals surface area contributed by atoms with E-state index in [1.165, 1.54) is 138 Å². The van der Waals surface area contributed by atoms with Crippen molar-refractivity contribution in [3.05, 3.63) is 196 Å². The first-order valence-corrected chi connectivity index (χ1v) is 24.1. The van der Waals surface area contributed by atoms with Crippen LogP contribution in [-0.4, -0.2) is 15.8 Å². The fourth-order valence-corrected chi connectivity index (χ4v) is 13.6. The molecule has 0 unspecified atom stereocenters. The van der Waals surface area contributed by atoms with Gasteiger partial charge in [-0.25, -0.2) is 0 Å². The molecule has 0 saturated heterocycles. The summed E-state index contributed by atoms with van der Waals surface area (Å²) < 4.78 is 5.46. The van der Waals surface area contributed by atoms with Crippen LogP contribution in [0.5, 0.6) is 0 Å². The van der Waals surface area contributed by atoms with E-state index in [1.54, 1.807) is 0 Å². The molecule has 3 heteroatoms. The van der Waals surface area contributed by atoms with Crippen LogP contribution in [0.15, 0.2) is 152 Å². The van der Waals surface area contributed by atoms with Crippen molar-refractivity contribution in [2.24, 2.45) is 10.8 Å². The van der Waals surface area contributed by atoms with E-state index in [2.05, 4.69) is 216 Å². The van der Waals surface area contributed by atoms with Gasteiger partial charge in [0, 0.05) is 44.1 Å². The molecule has 1 aliphatic carbocycles. The Bertz CT molecular complexity index is 3740. The zero-order valence-electron chi connectivity index (χ0n) is 39.3. The lowest BCUT2D eigenvalue weighted by atomic mass is 9.33. The second kappa shape index (κ2) is 12.7. The second-order valence-electron chi connectivity index (χ2n) is 22.6. The summed E-state index contributed by atoms with van der Waals surface area (Å²) >= 11 is 0. The van der Waals surface area contributed by atoms with Gasteiger partial charge in [-0.15, -0.1) is 0 Å². The third-order valence-corrected chi connectivity index (χ3v) is 15.5. The Kier molecular flexibility index (Phi) is 7.42. The van der Waals surface area contributed by atoms with E-state index in [4.69, 9.17) is 0 Å². The molecule has 14 rings (SSSR count). The van der Waals surface area contributed by atoms with E-state index in [1.807, 2.05) is 0 Å². The number of hydrogen-bond donors (Lipinski definition) is 0. The number of fused-ring (bicyclic) bond motifs is 11. The maximum atomic E-state index is 2.78. The number of para-hydroxylation sites is 1. The van der Waals surface area contributed by atoms with Crippen LogP contribution < -0.4 is 16.4 Å². The SMILES string of the molecule is Cc1ccc2c(c1)C1(c3cc(C)ccc3-2)c2ccc3c4c2-n2c5c(cc(CC(C)(C)C)cc5c5cc(CC(C)(C)C)cc1c52)B4c1cccc2c(-c4ccccc4)c(-c4ccccc4)n-3c12. The Balaban J connectivity index is 1.24. The van der Waals surface area contributed by atoms with Gasteiger partial charge in [-0.1, -0.05) is 186 Å². The minimum Gasteiger partial charge on any atom is -0.310 e. The van der Waals surface area contributed by atoms with Crippen LogP contribution in [-0.2, 0) is 18.3 Å². The molecular formula is C63H53BN2. The molecule has 0 amide bonds. The predicted molar refractivity (Wildman–Crippen MR) is 280 cm³/mol. The first-order valence-electron chi connectivity index (χ1n) is 24.1. The van der Waals surface area contributed by atoms with E-state index in [0.717, 1.165) is 12.8 Å². The number of nitrogens with zero attached hydrogens (tertiary/aromatic N) is 2. The van der Waals surface area contributed by atoms with Gasteiger partial charge in [-0.3, -0.25) is 0 Å². The minimum absolute atomic E-state index is 0.0375. The molecule has 2 nitrogen and oxygen atoms in total. The number of aromatic nitrogens is 2. The number of hydrogen-bond acceptors (Lipinski definition) is 0. The summed E-state index contributed by atoms with van der Waals surface area (Å²) in [6, 6.07) is 59.6. The Morgan fingerprint density at radius 1 is 0.470 bits per heavy atom. The highest BCUT2D eigenvalue weighted by molar-refractivity contribution is 7.00. The van der Waals surface area contributed by atoms with Crippen molar-refractivity contribution in [1.82, 2.24) is 9.13 Å². The lowest BCUT2D eigenvalue weighted by Crippen LogP contribution is -2.60. The molecule has 10 aromatic rings. The summed E-state index contributed by atoms with van der Waals surface area (Å²) in [6.45, 7) is 19.0. The van der Waals surface area contributed by atoms with Gasteiger partial charge in [-0.2, -0.15) is 0 Å². The zero-order chi connectivity index (χ0) is 44.8. The average molecular weight is 849 g/mol. The third kappa shape index (κ3) is 4.88. The predicted octanol–water partition coefficient (Wildman–Crippen LogP) is 13.7. The first kappa shape index (κ1) is 38.4. The summed E-state index contributed by atoms with van der Waals surface area (Å²) in [7, 11) is 0. The molecule has 0 atom stereocenters.